The third-order valence-electron chi connectivity index (χ3n) is 4.47. The monoisotopic (exact) mass is 353 g/mol. The van der Waals surface area contributed by atoms with Crippen LogP contribution in [0.2, 0.25) is 0 Å². The van der Waals surface area contributed by atoms with Crippen molar-refractivity contribution in [3.05, 3.63) is 23.8 Å². The highest BCUT2D eigenvalue weighted by Gasteiger charge is 2.26. The van der Waals surface area contributed by atoms with Crippen molar-refractivity contribution in [1.82, 2.24) is 0 Å². The first-order valence-corrected chi connectivity index (χ1v) is 8.42. The predicted octanol–water partition coefficient (Wildman–Crippen LogP) is 3.61. The molecule has 1 aliphatic carbocycles. The summed E-state index contributed by atoms with van der Waals surface area (Å²) in [5.74, 6) is -0.283. The smallest absolute Gasteiger partial charge is 0.229 e. The number of hydrogen-bond donors (Lipinski definition) is 3. The van der Waals surface area contributed by atoms with Crippen LogP contribution in [0.25, 0.3) is 0 Å². The van der Waals surface area contributed by atoms with Crippen molar-refractivity contribution in [3.63, 3.8) is 0 Å². The molecule has 134 valence electrons. The Morgan fingerprint density at radius 2 is 1.75 bits per heavy atom. The molecule has 5 nitrogen and oxygen atoms in total. The van der Waals surface area contributed by atoms with E-state index in [2.05, 4.69) is 10.6 Å². The molecule has 1 aliphatic rings. The number of hydrogen-bond acceptors (Lipinski definition) is 3. The lowest BCUT2D eigenvalue weighted by atomic mass is 9.86. The molecule has 24 heavy (non-hydrogen) atoms. The number of anilines is 2. The topological polar surface area (TPSA) is 84.2 Å². The molecule has 1 aromatic carbocycles. The average Bonchev–Trinajstić information content (AvgIpc) is 2.46. The zero-order valence-electron chi connectivity index (χ0n) is 14.4. The quantitative estimate of drug-likeness (QED) is 0.776. The summed E-state index contributed by atoms with van der Waals surface area (Å²) in [6.07, 6.45) is 6.28. The van der Waals surface area contributed by atoms with Crippen LogP contribution in [0.3, 0.4) is 0 Å². The van der Waals surface area contributed by atoms with Gasteiger partial charge in [0, 0.05) is 24.3 Å². The highest BCUT2D eigenvalue weighted by atomic mass is 35.5. The molecule has 2 rings (SSSR count). The first-order chi connectivity index (χ1) is 11.0. The fraction of sp³-hybridized carbons (Fsp3) is 0.556. The molecule has 0 heterocycles. The molecule has 1 fully saturated rings. The number of carbonyl (C=O) groups excluding carboxylic acids is 2. The minimum Gasteiger partial charge on any atom is -0.327 e. The van der Waals surface area contributed by atoms with Gasteiger partial charge in [-0.05, 0) is 37.5 Å². The summed E-state index contributed by atoms with van der Waals surface area (Å²) in [6, 6.07) is 5.44. The van der Waals surface area contributed by atoms with E-state index >= 15 is 0 Å². The minimum absolute atomic E-state index is 0. The Labute approximate surface area is 150 Å². The van der Waals surface area contributed by atoms with E-state index in [4.69, 9.17) is 5.73 Å². The molecule has 0 spiro atoms. The van der Waals surface area contributed by atoms with E-state index < -0.39 is 0 Å². The number of amides is 2. The molecule has 4 N–H and O–H groups in total. The lowest BCUT2D eigenvalue weighted by molar-refractivity contribution is -0.121. The van der Waals surface area contributed by atoms with Crippen LogP contribution >= 0.6 is 12.4 Å². The maximum absolute atomic E-state index is 12.7. The van der Waals surface area contributed by atoms with Crippen molar-refractivity contribution in [3.8, 4) is 0 Å². The van der Waals surface area contributed by atoms with Gasteiger partial charge in [-0.25, -0.2) is 0 Å². The van der Waals surface area contributed by atoms with Crippen LogP contribution in [-0.4, -0.2) is 17.9 Å². The highest BCUT2D eigenvalue weighted by Crippen LogP contribution is 2.25. The molecular formula is C18H28ClN3O2. The molecule has 6 heteroatoms. The number of nitrogens with two attached hydrogens (primary N) is 1. The van der Waals surface area contributed by atoms with E-state index in [1.54, 1.807) is 6.07 Å². The lowest BCUT2D eigenvalue weighted by Gasteiger charge is -2.25. The van der Waals surface area contributed by atoms with E-state index in [1.807, 2.05) is 19.1 Å². The molecule has 0 saturated heterocycles. The van der Waals surface area contributed by atoms with Crippen LogP contribution in [0.5, 0.6) is 0 Å². The van der Waals surface area contributed by atoms with Crippen LogP contribution in [-0.2, 0) is 9.59 Å². The number of benzene rings is 1. The number of rotatable bonds is 3. The van der Waals surface area contributed by atoms with E-state index in [1.165, 1.54) is 19.8 Å². The van der Waals surface area contributed by atoms with E-state index in [-0.39, 0.29) is 36.2 Å². The average molecular weight is 354 g/mol. The molecule has 0 radical (unpaired) electrons. The third kappa shape index (κ3) is 5.80. The first kappa shape index (κ1) is 20.5. The fourth-order valence-electron chi connectivity index (χ4n) is 3.10. The summed E-state index contributed by atoms with van der Waals surface area (Å²) in [4.78, 5) is 23.8. The fourth-order valence-corrected chi connectivity index (χ4v) is 3.10. The van der Waals surface area contributed by atoms with Crippen molar-refractivity contribution in [2.45, 2.75) is 58.4 Å². The van der Waals surface area contributed by atoms with Crippen molar-refractivity contribution >= 4 is 35.6 Å². The summed E-state index contributed by atoms with van der Waals surface area (Å²) in [7, 11) is 0. The Bertz CT molecular complexity index is 577. The molecule has 0 aliphatic heterocycles. The normalized spacial score (nSPS) is 21.0. The molecular weight excluding hydrogens is 326 g/mol. The number of aryl methyl sites for hydroxylation is 1. The van der Waals surface area contributed by atoms with Crippen molar-refractivity contribution in [1.29, 1.82) is 0 Å². The van der Waals surface area contributed by atoms with Gasteiger partial charge in [0.05, 0.1) is 5.92 Å². The molecule has 1 saturated carbocycles. The van der Waals surface area contributed by atoms with Crippen molar-refractivity contribution < 1.29 is 9.59 Å². The van der Waals surface area contributed by atoms with Crippen LogP contribution in [0.1, 0.15) is 51.0 Å². The van der Waals surface area contributed by atoms with Gasteiger partial charge in [-0.2, -0.15) is 0 Å². The van der Waals surface area contributed by atoms with Gasteiger partial charge < -0.3 is 16.4 Å². The second-order valence-corrected chi connectivity index (χ2v) is 6.46. The summed E-state index contributed by atoms with van der Waals surface area (Å²) >= 11 is 0. The van der Waals surface area contributed by atoms with Gasteiger partial charge in [-0.1, -0.05) is 31.7 Å². The Kier molecular flexibility index (Phi) is 8.22. The molecule has 0 bridgehead atoms. The van der Waals surface area contributed by atoms with E-state index in [0.717, 1.165) is 36.9 Å². The molecule has 1 aromatic rings. The summed E-state index contributed by atoms with van der Waals surface area (Å²) < 4.78 is 0. The maximum atomic E-state index is 12.7. The largest absolute Gasteiger partial charge is 0.327 e. The highest BCUT2D eigenvalue weighted by molar-refractivity contribution is 5.95. The van der Waals surface area contributed by atoms with Crippen molar-refractivity contribution in [2.24, 2.45) is 11.7 Å². The Hall–Kier alpha value is -1.59. The second-order valence-electron chi connectivity index (χ2n) is 6.46. The van der Waals surface area contributed by atoms with Gasteiger partial charge in [-0.3, -0.25) is 9.59 Å². The van der Waals surface area contributed by atoms with E-state index in [0.29, 0.717) is 5.69 Å². The SMILES string of the molecule is CC(=O)Nc1ccc(C)c(NC(=O)C2CCCCCCC2N)c1.Cl. The van der Waals surface area contributed by atoms with Gasteiger partial charge in [0.25, 0.3) is 0 Å². The number of nitrogens with one attached hydrogen (secondary N) is 2. The van der Waals surface area contributed by atoms with Crippen molar-refractivity contribution in [2.75, 3.05) is 10.6 Å². The van der Waals surface area contributed by atoms with Gasteiger partial charge in [0.1, 0.15) is 0 Å². The molecule has 2 atom stereocenters. The number of halogens is 1. The maximum Gasteiger partial charge on any atom is 0.229 e. The summed E-state index contributed by atoms with van der Waals surface area (Å²) in [5, 5.41) is 5.74. The van der Waals surface area contributed by atoms with Gasteiger partial charge in [-0.15, -0.1) is 12.4 Å². The third-order valence-corrected chi connectivity index (χ3v) is 4.47. The van der Waals surface area contributed by atoms with Crippen LogP contribution < -0.4 is 16.4 Å². The van der Waals surface area contributed by atoms with Gasteiger partial charge >= 0.3 is 0 Å². The lowest BCUT2D eigenvalue weighted by Crippen LogP contribution is -2.39. The standard InChI is InChI=1S/C18H27N3O2.ClH/c1-12-9-10-14(20-13(2)22)11-17(12)21-18(23)15-7-5-3-4-6-8-16(15)19;/h9-11,15-16H,3-8,19H2,1-2H3,(H,20,22)(H,21,23);1H. The zero-order chi connectivity index (χ0) is 16.8. The minimum atomic E-state index is -0.140. The first-order valence-electron chi connectivity index (χ1n) is 8.42. The Morgan fingerprint density at radius 1 is 1.08 bits per heavy atom. The Morgan fingerprint density at radius 3 is 2.42 bits per heavy atom. The van der Waals surface area contributed by atoms with Gasteiger partial charge in [0.15, 0.2) is 0 Å². The number of carbonyl (C=O) groups is 2. The molecule has 2 unspecified atom stereocenters. The second kappa shape index (κ2) is 9.64. The van der Waals surface area contributed by atoms with Gasteiger partial charge in [0.2, 0.25) is 11.8 Å². The molecule has 0 aromatic heterocycles. The van der Waals surface area contributed by atoms with Crippen LogP contribution in [0.4, 0.5) is 11.4 Å². The summed E-state index contributed by atoms with van der Waals surface area (Å²) in [6.45, 7) is 3.40. The summed E-state index contributed by atoms with van der Waals surface area (Å²) in [5.41, 5.74) is 8.60. The molecule has 2 amide bonds. The zero-order valence-corrected chi connectivity index (χ0v) is 15.2. The van der Waals surface area contributed by atoms with Crippen LogP contribution in [0, 0.1) is 12.8 Å². The van der Waals surface area contributed by atoms with E-state index in [9.17, 15) is 9.59 Å². The predicted molar refractivity (Wildman–Crippen MR) is 101 cm³/mol. The Balaban J connectivity index is 0.00000288. The van der Waals surface area contributed by atoms with Crippen LogP contribution in [0.15, 0.2) is 18.2 Å².